The molecule has 2 N–H and O–H groups in total. The minimum atomic E-state index is 0.862. The molecular weight excluding hydrogens is 336 g/mol. The molecule has 0 bridgehead atoms. The highest BCUT2D eigenvalue weighted by Gasteiger charge is 2.05. The van der Waals surface area contributed by atoms with Crippen LogP contribution in [0.25, 0.3) is 11.1 Å². The molecule has 0 radical (unpaired) electrons. The van der Waals surface area contributed by atoms with Crippen molar-refractivity contribution in [3.8, 4) is 11.1 Å². The number of rotatable bonds is 4. The Morgan fingerprint density at radius 2 is 1.59 bits per heavy atom. The Labute approximate surface area is 138 Å². The SMILES string of the molecule is N=Cc1cc(-c2cccc(Br)c2)ccc1Nc1ccccc1. The molecule has 0 aliphatic heterocycles. The zero-order valence-corrected chi connectivity index (χ0v) is 13.5. The van der Waals surface area contributed by atoms with Crippen LogP contribution in [-0.2, 0) is 0 Å². The van der Waals surface area contributed by atoms with Gasteiger partial charge in [0.15, 0.2) is 0 Å². The fourth-order valence-corrected chi connectivity index (χ4v) is 2.72. The molecule has 0 aliphatic carbocycles. The summed E-state index contributed by atoms with van der Waals surface area (Å²) >= 11 is 3.50. The number of nitrogens with one attached hydrogen (secondary N) is 2. The molecule has 3 heteroatoms. The normalized spacial score (nSPS) is 10.2. The van der Waals surface area contributed by atoms with Gasteiger partial charge in [-0.1, -0.05) is 52.3 Å². The van der Waals surface area contributed by atoms with Crippen molar-refractivity contribution in [2.45, 2.75) is 0 Å². The maximum atomic E-state index is 7.68. The lowest BCUT2D eigenvalue weighted by Crippen LogP contribution is -1.95. The Balaban J connectivity index is 1.96. The predicted molar refractivity (Wildman–Crippen MR) is 97.2 cm³/mol. The van der Waals surface area contributed by atoms with E-state index in [0.29, 0.717) is 0 Å². The van der Waals surface area contributed by atoms with Gasteiger partial charge in [0, 0.05) is 27.6 Å². The maximum absolute atomic E-state index is 7.68. The molecule has 2 nitrogen and oxygen atoms in total. The smallest absolute Gasteiger partial charge is 0.0473 e. The summed E-state index contributed by atoms with van der Waals surface area (Å²) in [5.41, 5.74) is 5.03. The van der Waals surface area contributed by atoms with Crippen LogP contribution in [0.2, 0.25) is 0 Å². The van der Waals surface area contributed by atoms with Gasteiger partial charge in [0.2, 0.25) is 0 Å². The molecule has 0 saturated heterocycles. The number of anilines is 2. The molecule has 0 spiro atoms. The molecule has 0 heterocycles. The lowest BCUT2D eigenvalue weighted by atomic mass is 10.0. The van der Waals surface area contributed by atoms with E-state index in [4.69, 9.17) is 5.41 Å². The van der Waals surface area contributed by atoms with E-state index in [1.54, 1.807) is 0 Å². The Hall–Kier alpha value is -2.39. The molecule has 3 aromatic rings. The lowest BCUT2D eigenvalue weighted by Gasteiger charge is -2.11. The third-order valence-electron chi connectivity index (χ3n) is 3.42. The highest BCUT2D eigenvalue weighted by Crippen LogP contribution is 2.28. The summed E-state index contributed by atoms with van der Waals surface area (Å²) in [6, 6.07) is 24.3. The van der Waals surface area contributed by atoms with Gasteiger partial charge in [-0.2, -0.15) is 0 Å². The number of hydrogen-bond acceptors (Lipinski definition) is 2. The molecule has 0 fully saturated rings. The average molecular weight is 351 g/mol. The van der Waals surface area contributed by atoms with Gasteiger partial charge in [-0.15, -0.1) is 0 Å². The van der Waals surface area contributed by atoms with E-state index in [2.05, 4.69) is 39.4 Å². The number of hydrogen-bond donors (Lipinski definition) is 2. The first kappa shape index (κ1) is 14.5. The van der Waals surface area contributed by atoms with Gasteiger partial charge in [-0.25, -0.2) is 0 Å². The van der Waals surface area contributed by atoms with Crippen molar-refractivity contribution < 1.29 is 0 Å². The molecule has 3 rings (SSSR count). The number of para-hydroxylation sites is 1. The van der Waals surface area contributed by atoms with Crippen LogP contribution in [0.3, 0.4) is 0 Å². The van der Waals surface area contributed by atoms with E-state index in [1.807, 2.05) is 54.6 Å². The Morgan fingerprint density at radius 1 is 0.818 bits per heavy atom. The van der Waals surface area contributed by atoms with Crippen molar-refractivity contribution in [3.63, 3.8) is 0 Å². The molecule has 0 aromatic heterocycles. The zero-order chi connectivity index (χ0) is 15.4. The summed E-state index contributed by atoms with van der Waals surface area (Å²) in [6.07, 6.45) is 1.38. The summed E-state index contributed by atoms with van der Waals surface area (Å²) < 4.78 is 1.05. The van der Waals surface area contributed by atoms with Crippen molar-refractivity contribution in [2.75, 3.05) is 5.32 Å². The second-order valence-corrected chi connectivity index (χ2v) is 5.86. The van der Waals surface area contributed by atoms with Gasteiger partial charge in [0.25, 0.3) is 0 Å². The Bertz CT molecular complexity index is 798. The molecule has 3 aromatic carbocycles. The molecule has 0 unspecified atom stereocenters. The monoisotopic (exact) mass is 350 g/mol. The van der Waals surface area contributed by atoms with E-state index in [9.17, 15) is 0 Å². The predicted octanol–water partition coefficient (Wildman–Crippen LogP) is 5.86. The topological polar surface area (TPSA) is 35.9 Å². The van der Waals surface area contributed by atoms with Gasteiger partial charge in [-0.3, -0.25) is 0 Å². The molecule has 0 amide bonds. The van der Waals surface area contributed by atoms with E-state index < -0.39 is 0 Å². The van der Waals surface area contributed by atoms with Crippen LogP contribution in [0.4, 0.5) is 11.4 Å². The van der Waals surface area contributed by atoms with Gasteiger partial charge in [-0.05, 0) is 47.5 Å². The van der Waals surface area contributed by atoms with Gasteiger partial charge in [0.1, 0.15) is 0 Å². The first-order valence-corrected chi connectivity index (χ1v) is 7.78. The summed E-state index contributed by atoms with van der Waals surface area (Å²) in [4.78, 5) is 0. The maximum Gasteiger partial charge on any atom is 0.0473 e. The third-order valence-corrected chi connectivity index (χ3v) is 3.91. The quantitative estimate of drug-likeness (QED) is 0.568. The largest absolute Gasteiger partial charge is 0.355 e. The number of halogens is 1. The first-order chi connectivity index (χ1) is 10.8. The second-order valence-electron chi connectivity index (χ2n) is 4.95. The highest BCUT2D eigenvalue weighted by molar-refractivity contribution is 9.10. The van der Waals surface area contributed by atoms with Crippen LogP contribution < -0.4 is 5.32 Å². The fraction of sp³-hybridized carbons (Fsp3) is 0. The van der Waals surface area contributed by atoms with Crippen molar-refractivity contribution in [2.24, 2.45) is 0 Å². The summed E-state index contributed by atoms with van der Waals surface area (Å²) in [5, 5.41) is 11.0. The van der Waals surface area contributed by atoms with Gasteiger partial charge >= 0.3 is 0 Å². The van der Waals surface area contributed by atoms with E-state index in [1.165, 1.54) is 6.21 Å². The summed E-state index contributed by atoms with van der Waals surface area (Å²) in [7, 11) is 0. The van der Waals surface area contributed by atoms with Crippen LogP contribution in [0.1, 0.15) is 5.56 Å². The van der Waals surface area contributed by atoms with Crippen molar-refractivity contribution in [1.29, 1.82) is 5.41 Å². The molecular formula is C19H15BrN2. The third kappa shape index (κ3) is 3.26. The minimum Gasteiger partial charge on any atom is -0.355 e. The highest BCUT2D eigenvalue weighted by atomic mass is 79.9. The van der Waals surface area contributed by atoms with Crippen LogP contribution in [0, 0.1) is 5.41 Å². The second kappa shape index (κ2) is 6.58. The molecule has 0 aliphatic rings. The molecule has 0 saturated carbocycles. The van der Waals surface area contributed by atoms with Crippen molar-refractivity contribution >= 4 is 33.5 Å². The molecule has 108 valence electrons. The molecule has 0 atom stereocenters. The van der Waals surface area contributed by atoms with E-state index in [0.717, 1.165) is 32.5 Å². The summed E-state index contributed by atoms with van der Waals surface area (Å²) in [5.74, 6) is 0. The van der Waals surface area contributed by atoms with Crippen LogP contribution in [0.15, 0.2) is 77.3 Å². The standard InChI is InChI=1S/C19H15BrN2/c20-17-6-4-5-14(12-17)15-9-10-19(16(11-15)13-21)22-18-7-2-1-3-8-18/h1-13,21-22H. The lowest BCUT2D eigenvalue weighted by molar-refractivity contribution is 1.49. The Kier molecular flexibility index (Phi) is 4.35. The van der Waals surface area contributed by atoms with Crippen LogP contribution in [0.5, 0.6) is 0 Å². The van der Waals surface area contributed by atoms with Gasteiger partial charge in [0.05, 0.1) is 0 Å². The Morgan fingerprint density at radius 3 is 2.32 bits per heavy atom. The van der Waals surface area contributed by atoms with Crippen LogP contribution in [-0.4, -0.2) is 6.21 Å². The van der Waals surface area contributed by atoms with Crippen LogP contribution >= 0.6 is 15.9 Å². The van der Waals surface area contributed by atoms with Crippen molar-refractivity contribution in [3.05, 3.63) is 82.8 Å². The fourth-order valence-electron chi connectivity index (χ4n) is 2.32. The summed E-state index contributed by atoms with van der Waals surface area (Å²) in [6.45, 7) is 0. The minimum absolute atomic E-state index is 0.862. The first-order valence-electron chi connectivity index (χ1n) is 6.99. The average Bonchev–Trinajstić information content (AvgIpc) is 2.56. The van der Waals surface area contributed by atoms with E-state index in [-0.39, 0.29) is 0 Å². The molecule has 22 heavy (non-hydrogen) atoms. The number of benzene rings is 3. The zero-order valence-electron chi connectivity index (χ0n) is 11.9. The van der Waals surface area contributed by atoms with Gasteiger partial charge < -0.3 is 10.7 Å². The van der Waals surface area contributed by atoms with Crippen molar-refractivity contribution in [1.82, 2.24) is 0 Å². The van der Waals surface area contributed by atoms with E-state index >= 15 is 0 Å².